The van der Waals surface area contributed by atoms with Crippen LogP contribution < -0.4 is 14.8 Å². The van der Waals surface area contributed by atoms with E-state index in [-0.39, 0.29) is 5.91 Å². The molecule has 26 heavy (non-hydrogen) atoms. The second-order valence-corrected chi connectivity index (χ2v) is 6.48. The minimum Gasteiger partial charge on any atom is -0.493 e. The number of aryl methyl sites for hydroxylation is 2. The fourth-order valence-corrected chi connectivity index (χ4v) is 2.79. The molecule has 0 bridgehead atoms. The molecule has 0 atom stereocenters. The van der Waals surface area contributed by atoms with E-state index in [0.717, 1.165) is 41.0 Å². The van der Waals surface area contributed by atoms with Gasteiger partial charge in [-0.2, -0.15) is 0 Å². The van der Waals surface area contributed by atoms with E-state index in [4.69, 9.17) is 9.47 Å². The van der Waals surface area contributed by atoms with Crippen LogP contribution in [0.4, 0.5) is 0 Å². The number of ether oxygens (including phenoxy) is 2. The molecule has 4 nitrogen and oxygen atoms in total. The largest absolute Gasteiger partial charge is 0.493 e. The van der Waals surface area contributed by atoms with E-state index < -0.39 is 0 Å². The zero-order valence-corrected chi connectivity index (χ0v) is 16.2. The monoisotopic (exact) mass is 355 g/mol. The van der Waals surface area contributed by atoms with E-state index in [2.05, 4.69) is 18.3 Å². The normalized spacial score (nSPS) is 10.5. The molecule has 0 aliphatic heterocycles. The highest BCUT2D eigenvalue weighted by Gasteiger charge is 2.11. The van der Waals surface area contributed by atoms with Crippen LogP contribution in [0.5, 0.6) is 11.5 Å². The predicted octanol–water partition coefficient (Wildman–Crippen LogP) is 4.81. The molecule has 4 heteroatoms. The molecule has 0 aliphatic rings. The number of benzene rings is 2. The Morgan fingerprint density at radius 3 is 2.38 bits per heavy atom. The van der Waals surface area contributed by atoms with E-state index in [1.165, 1.54) is 0 Å². The Morgan fingerprint density at radius 1 is 1.00 bits per heavy atom. The van der Waals surface area contributed by atoms with Crippen LogP contribution in [-0.4, -0.2) is 19.1 Å². The van der Waals surface area contributed by atoms with Gasteiger partial charge in [0.15, 0.2) is 0 Å². The summed E-state index contributed by atoms with van der Waals surface area (Å²) in [6.07, 6.45) is 2.03. The zero-order chi connectivity index (χ0) is 18.9. The van der Waals surface area contributed by atoms with Gasteiger partial charge in [0.1, 0.15) is 18.1 Å². The maximum atomic E-state index is 12.3. The van der Waals surface area contributed by atoms with Gasteiger partial charge in [0, 0.05) is 17.7 Å². The maximum absolute atomic E-state index is 12.3. The van der Waals surface area contributed by atoms with Crippen molar-refractivity contribution in [1.82, 2.24) is 5.32 Å². The van der Waals surface area contributed by atoms with Crippen molar-refractivity contribution in [2.45, 2.75) is 47.1 Å². The topological polar surface area (TPSA) is 47.6 Å². The lowest BCUT2D eigenvalue weighted by Crippen LogP contribution is -2.24. The summed E-state index contributed by atoms with van der Waals surface area (Å²) in [6.45, 7) is 9.76. The molecule has 0 saturated heterocycles. The Bertz CT molecular complexity index is 720. The predicted molar refractivity (Wildman–Crippen MR) is 105 cm³/mol. The van der Waals surface area contributed by atoms with E-state index in [1.54, 1.807) is 6.07 Å². The molecular weight excluding hydrogens is 326 g/mol. The molecule has 1 amide bonds. The van der Waals surface area contributed by atoms with Crippen molar-refractivity contribution < 1.29 is 14.3 Å². The number of carbonyl (C=O) groups excluding carboxylic acids is 1. The molecule has 0 aromatic heterocycles. The molecule has 0 heterocycles. The van der Waals surface area contributed by atoms with Crippen molar-refractivity contribution in [2.24, 2.45) is 0 Å². The van der Waals surface area contributed by atoms with Crippen LogP contribution in [-0.2, 0) is 6.61 Å². The first-order valence-corrected chi connectivity index (χ1v) is 9.28. The van der Waals surface area contributed by atoms with Crippen LogP contribution >= 0.6 is 0 Å². The minimum absolute atomic E-state index is 0.0610. The summed E-state index contributed by atoms with van der Waals surface area (Å²) in [6, 6.07) is 11.6. The zero-order valence-electron chi connectivity index (χ0n) is 16.2. The van der Waals surface area contributed by atoms with E-state index in [9.17, 15) is 4.79 Å². The smallest absolute Gasteiger partial charge is 0.251 e. The minimum atomic E-state index is -0.0610. The number of amides is 1. The van der Waals surface area contributed by atoms with Crippen LogP contribution in [0, 0.1) is 13.8 Å². The summed E-state index contributed by atoms with van der Waals surface area (Å²) in [5.74, 6) is 1.51. The van der Waals surface area contributed by atoms with Gasteiger partial charge in [0.25, 0.3) is 5.91 Å². The number of unbranched alkanes of at least 4 members (excludes halogenated alkanes) is 1. The van der Waals surface area contributed by atoms with Gasteiger partial charge in [-0.15, -0.1) is 0 Å². The van der Waals surface area contributed by atoms with Gasteiger partial charge in [0.05, 0.1) is 6.61 Å². The van der Waals surface area contributed by atoms with Crippen LogP contribution in [0.3, 0.4) is 0 Å². The summed E-state index contributed by atoms with van der Waals surface area (Å²) < 4.78 is 11.7. The maximum Gasteiger partial charge on any atom is 0.251 e. The molecule has 0 fully saturated rings. The SMILES string of the molecule is CCCCNC(=O)c1ccc(OCC)c(COc2cc(C)cc(C)c2)c1. The van der Waals surface area contributed by atoms with E-state index in [0.29, 0.717) is 25.3 Å². The highest BCUT2D eigenvalue weighted by molar-refractivity contribution is 5.94. The molecule has 2 rings (SSSR count). The van der Waals surface area contributed by atoms with Crippen LogP contribution in [0.15, 0.2) is 36.4 Å². The van der Waals surface area contributed by atoms with Gasteiger partial charge in [-0.1, -0.05) is 19.4 Å². The Kier molecular flexibility index (Phi) is 7.52. The third-order valence-corrected chi connectivity index (χ3v) is 4.03. The van der Waals surface area contributed by atoms with Crippen molar-refractivity contribution >= 4 is 5.91 Å². The molecule has 2 aromatic carbocycles. The second kappa shape index (κ2) is 9.85. The van der Waals surface area contributed by atoms with Gasteiger partial charge in [-0.25, -0.2) is 0 Å². The fraction of sp³-hybridized carbons (Fsp3) is 0.409. The lowest BCUT2D eigenvalue weighted by molar-refractivity contribution is 0.0953. The molecule has 0 unspecified atom stereocenters. The standard InChI is InChI=1S/C22H29NO3/c1-5-7-10-23-22(24)18-8-9-21(25-6-2)19(14-18)15-26-20-12-16(3)11-17(4)13-20/h8-9,11-14H,5-7,10,15H2,1-4H3,(H,23,24). The van der Waals surface area contributed by atoms with E-state index >= 15 is 0 Å². The van der Waals surface area contributed by atoms with Gasteiger partial charge in [0.2, 0.25) is 0 Å². The van der Waals surface area contributed by atoms with Gasteiger partial charge in [-0.05, 0) is 68.7 Å². The highest BCUT2D eigenvalue weighted by atomic mass is 16.5. The Hall–Kier alpha value is -2.49. The lowest BCUT2D eigenvalue weighted by Gasteiger charge is -2.14. The number of carbonyl (C=O) groups is 1. The molecular formula is C22H29NO3. The average molecular weight is 355 g/mol. The quantitative estimate of drug-likeness (QED) is 0.657. The summed E-state index contributed by atoms with van der Waals surface area (Å²) in [5.41, 5.74) is 3.82. The number of hydrogen-bond acceptors (Lipinski definition) is 3. The number of hydrogen-bond donors (Lipinski definition) is 1. The van der Waals surface area contributed by atoms with Gasteiger partial charge >= 0.3 is 0 Å². The summed E-state index contributed by atoms with van der Waals surface area (Å²) in [4.78, 5) is 12.3. The second-order valence-electron chi connectivity index (χ2n) is 6.48. The van der Waals surface area contributed by atoms with Crippen molar-refractivity contribution in [3.8, 4) is 11.5 Å². The molecule has 0 spiro atoms. The fourth-order valence-electron chi connectivity index (χ4n) is 2.79. The molecule has 140 valence electrons. The summed E-state index contributed by atoms with van der Waals surface area (Å²) >= 11 is 0. The van der Waals surface area contributed by atoms with Crippen LogP contribution in [0.2, 0.25) is 0 Å². The van der Waals surface area contributed by atoms with Crippen LogP contribution in [0.1, 0.15) is 53.7 Å². The highest BCUT2D eigenvalue weighted by Crippen LogP contribution is 2.24. The Balaban J connectivity index is 2.15. The first-order valence-electron chi connectivity index (χ1n) is 9.28. The third kappa shape index (κ3) is 5.80. The molecule has 0 saturated carbocycles. The Morgan fingerprint density at radius 2 is 1.73 bits per heavy atom. The molecule has 1 N–H and O–H groups in total. The molecule has 0 radical (unpaired) electrons. The summed E-state index contributed by atoms with van der Waals surface area (Å²) in [5, 5.41) is 2.95. The molecule has 2 aromatic rings. The first kappa shape index (κ1) is 19.8. The van der Waals surface area contributed by atoms with Gasteiger partial charge < -0.3 is 14.8 Å². The average Bonchev–Trinajstić information content (AvgIpc) is 2.60. The van der Waals surface area contributed by atoms with E-state index in [1.807, 2.05) is 45.0 Å². The Labute approximate surface area is 156 Å². The van der Waals surface area contributed by atoms with Crippen molar-refractivity contribution in [1.29, 1.82) is 0 Å². The third-order valence-electron chi connectivity index (χ3n) is 4.03. The van der Waals surface area contributed by atoms with Crippen molar-refractivity contribution in [3.05, 3.63) is 58.7 Å². The van der Waals surface area contributed by atoms with Gasteiger partial charge in [-0.3, -0.25) is 4.79 Å². The number of rotatable bonds is 9. The number of nitrogens with one attached hydrogen (secondary N) is 1. The first-order chi connectivity index (χ1) is 12.5. The van der Waals surface area contributed by atoms with Crippen molar-refractivity contribution in [2.75, 3.05) is 13.2 Å². The van der Waals surface area contributed by atoms with Crippen molar-refractivity contribution in [3.63, 3.8) is 0 Å². The molecule has 0 aliphatic carbocycles. The summed E-state index contributed by atoms with van der Waals surface area (Å²) in [7, 11) is 0. The van der Waals surface area contributed by atoms with Crippen LogP contribution in [0.25, 0.3) is 0 Å². The lowest BCUT2D eigenvalue weighted by atomic mass is 10.1.